The fourth-order valence-corrected chi connectivity index (χ4v) is 2.18. The van der Waals surface area contributed by atoms with Gasteiger partial charge in [0, 0.05) is 17.3 Å². The molecule has 3 aromatic rings. The molecule has 0 saturated heterocycles. The Hall–Kier alpha value is -2.27. The lowest BCUT2D eigenvalue weighted by Crippen LogP contribution is -2.01. The van der Waals surface area contributed by atoms with Crippen LogP contribution in [-0.2, 0) is 6.54 Å². The molecular weight excluding hydrogens is 278 g/mol. The first-order chi connectivity index (χ1) is 9.78. The quantitative estimate of drug-likeness (QED) is 0.745. The van der Waals surface area contributed by atoms with E-state index in [1.165, 1.54) is 0 Å². The first-order valence-electron chi connectivity index (χ1n) is 6.03. The highest BCUT2D eigenvalue weighted by Gasteiger charge is 2.10. The maximum Gasteiger partial charge on any atom is 0.240 e. The van der Waals surface area contributed by atoms with Crippen LogP contribution in [0.25, 0.3) is 10.9 Å². The van der Waals surface area contributed by atoms with Crippen LogP contribution in [0.4, 0.5) is 5.69 Å². The number of rotatable bonds is 4. The average Bonchev–Trinajstić information content (AvgIpc) is 2.97. The topological polar surface area (TPSA) is 60.2 Å². The first-order valence-corrected chi connectivity index (χ1v) is 6.41. The molecular formula is C14H12ClN3O2. The van der Waals surface area contributed by atoms with Gasteiger partial charge in [0.25, 0.3) is 0 Å². The number of hydrogen-bond donors (Lipinski definition) is 1. The van der Waals surface area contributed by atoms with E-state index in [2.05, 4.69) is 15.3 Å². The third kappa shape index (κ3) is 2.40. The van der Waals surface area contributed by atoms with E-state index in [9.17, 15) is 0 Å². The zero-order valence-corrected chi connectivity index (χ0v) is 11.5. The minimum Gasteiger partial charge on any atom is -0.479 e. The summed E-state index contributed by atoms with van der Waals surface area (Å²) in [4.78, 5) is 8.39. The van der Waals surface area contributed by atoms with E-state index in [0.29, 0.717) is 23.1 Å². The van der Waals surface area contributed by atoms with Crippen LogP contribution in [0.2, 0.25) is 5.15 Å². The van der Waals surface area contributed by atoms with E-state index < -0.39 is 0 Å². The Morgan fingerprint density at radius 1 is 1.40 bits per heavy atom. The van der Waals surface area contributed by atoms with Crippen molar-refractivity contribution >= 4 is 28.2 Å². The normalized spacial score (nSPS) is 10.7. The van der Waals surface area contributed by atoms with Crippen LogP contribution < -0.4 is 10.1 Å². The summed E-state index contributed by atoms with van der Waals surface area (Å²) in [7, 11) is 1.56. The average molecular weight is 290 g/mol. The number of aromatic nitrogens is 2. The Morgan fingerprint density at radius 3 is 3.05 bits per heavy atom. The molecule has 6 heteroatoms. The summed E-state index contributed by atoms with van der Waals surface area (Å²) >= 11 is 6.06. The molecule has 0 aliphatic heterocycles. The number of methoxy groups -OCH3 is 1. The number of fused-ring (bicyclic) bond motifs is 1. The van der Waals surface area contributed by atoms with Crippen LogP contribution in [0.5, 0.6) is 5.88 Å². The summed E-state index contributed by atoms with van der Waals surface area (Å²) in [6.07, 6.45) is 3.32. The second-order valence-corrected chi connectivity index (χ2v) is 4.53. The molecule has 0 spiro atoms. The molecule has 1 N–H and O–H groups in total. The number of nitrogens with one attached hydrogen (secondary N) is 1. The standard InChI is InChI=1S/C14H12ClN3O2/c1-19-14-13-10(4-5-16-14)11(7-12(15)18-13)17-8-9-3-2-6-20-9/h2-7H,8H2,1H3,(H,17,18). The van der Waals surface area contributed by atoms with Crippen LogP contribution in [-0.4, -0.2) is 17.1 Å². The van der Waals surface area contributed by atoms with Crippen molar-refractivity contribution in [2.45, 2.75) is 6.54 Å². The molecule has 3 aromatic heterocycles. The van der Waals surface area contributed by atoms with Crippen molar-refractivity contribution < 1.29 is 9.15 Å². The van der Waals surface area contributed by atoms with Crippen molar-refractivity contribution in [3.05, 3.63) is 47.6 Å². The Kier molecular flexibility index (Phi) is 3.43. The van der Waals surface area contributed by atoms with E-state index >= 15 is 0 Å². The molecule has 5 nitrogen and oxygen atoms in total. The number of ether oxygens (including phenoxy) is 1. The van der Waals surface area contributed by atoms with Crippen LogP contribution >= 0.6 is 11.6 Å². The zero-order valence-electron chi connectivity index (χ0n) is 10.8. The molecule has 3 heterocycles. The van der Waals surface area contributed by atoms with Crippen LogP contribution in [0.15, 0.2) is 41.1 Å². The van der Waals surface area contributed by atoms with Gasteiger partial charge in [0.15, 0.2) is 0 Å². The lowest BCUT2D eigenvalue weighted by Gasteiger charge is -2.10. The predicted octanol–water partition coefficient (Wildman–Crippen LogP) is 3.50. The van der Waals surface area contributed by atoms with Gasteiger partial charge in [-0.25, -0.2) is 9.97 Å². The summed E-state index contributed by atoms with van der Waals surface area (Å²) < 4.78 is 10.5. The molecule has 0 aromatic carbocycles. The van der Waals surface area contributed by atoms with Crippen molar-refractivity contribution in [2.75, 3.05) is 12.4 Å². The number of pyridine rings is 2. The minimum atomic E-state index is 0.380. The fraction of sp³-hybridized carbons (Fsp3) is 0.143. The van der Waals surface area contributed by atoms with Crippen LogP contribution in [0, 0.1) is 0 Å². The van der Waals surface area contributed by atoms with E-state index in [-0.39, 0.29) is 0 Å². The highest BCUT2D eigenvalue weighted by molar-refractivity contribution is 6.30. The maximum atomic E-state index is 6.06. The molecule has 20 heavy (non-hydrogen) atoms. The zero-order chi connectivity index (χ0) is 13.9. The van der Waals surface area contributed by atoms with Crippen molar-refractivity contribution in [2.24, 2.45) is 0 Å². The summed E-state index contributed by atoms with van der Waals surface area (Å²) in [6, 6.07) is 7.39. The van der Waals surface area contributed by atoms with Gasteiger partial charge in [-0.2, -0.15) is 0 Å². The highest BCUT2D eigenvalue weighted by Crippen LogP contribution is 2.30. The number of furan rings is 1. The van der Waals surface area contributed by atoms with Gasteiger partial charge in [-0.1, -0.05) is 11.6 Å². The fourth-order valence-electron chi connectivity index (χ4n) is 1.99. The molecule has 0 radical (unpaired) electrons. The second kappa shape index (κ2) is 5.38. The van der Waals surface area contributed by atoms with Crippen molar-refractivity contribution in [1.82, 2.24) is 9.97 Å². The lowest BCUT2D eigenvalue weighted by atomic mass is 10.2. The van der Waals surface area contributed by atoms with E-state index in [1.54, 1.807) is 25.6 Å². The van der Waals surface area contributed by atoms with Crippen molar-refractivity contribution in [3.63, 3.8) is 0 Å². The van der Waals surface area contributed by atoms with Gasteiger partial charge in [-0.15, -0.1) is 0 Å². The van der Waals surface area contributed by atoms with E-state index in [4.69, 9.17) is 20.8 Å². The largest absolute Gasteiger partial charge is 0.479 e. The second-order valence-electron chi connectivity index (χ2n) is 4.14. The number of hydrogen-bond acceptors (Lipinski definition) is 5. The van der Waals surface area contributed by atoms with E-state index in [0.717, 1.165) is 16.8 Å². The summed E-state index contributed by atoms with van der Waals surface area (Å²) in [5, 5.41) is 4.56. The van der Waals surface area contributed by atoms with Gasteiger partial charge in [0.1, 0.15) is 16.4 Å². The monoisotopic (exact) mass is 289 g/mol. The van der Waals surface area contributed by atoms with Gasteiger partial charge in [-0.3, -0.25) is 0 Å². The van der Waals surface area contributed by atoms with E-state index in [1.807, 2.05) is 18.2 Å². The van der Waals surface area contributed by atoms with Crippen molar-refractivity contribution in [1.29, 1.82) is 0 Å². The first kappa shape index (κ1) is 12.7. The summed E-state index contributed by atoms with van der Waals surface area (Å²) in [5.74, 6) is 1.29. The van der Waals surface area contributed by atoms with Gasteiger partial charge >= 0.3 is 0 Å². The molecule has 0 unspecified atom stereocenters. The summed E-state index contributed by atoms with van der Waals surface area (Å²) in [6.45, 7) is 0.563. The number of anilines is 1. The Morgan fingerprint density at radius 2 is 2.30 bits per heavy atom. The minimum absolute atomic E-state index is 0.380. The lowest BCUT2D eigenvalue weighted by molar-refractivity contribution is 0.402. The molecule has 0 saturated carbocycles. The molecule has 0 atom stereocenters. The molecule has 3 rings (SSSR count). The third-order valence-electron chi connectivity index (χ3n) is 2.89. The molecule has 102 valence electrons. The smallest absolute Gasteiger partial charge is 0.240 e. The predicted molar refractivity (Wildman–Crippen MR) is 77.1 cm³/mol. The Bertz CT molecular complexity index is 729. The highest BCUT2D eigenvalue weighted by atomic mass is 35.5. The maximum absolute atomic E-state index is 6.06. The molecule has 0 fully saturated rings. The van der Waals surface area contributed by atoms with Gasteiger partial charge < -0.3 is 14.5 Å². The number of halogens is 1. The molecule has 0 amide bonds. The van der Waals surface area contributed by atoms with Crippen LogP contribution in [0.1, 0.15) is 5.76 Å². The number of nitrogens with zero attached hydrogens (tertiary/aromatic N) is 2. The molecule has 0 aliphatic rings. The van der Waals surface area contributed by atoms with Gasteiger partial charge in [0.2, 0.25) is 5.88 Å². The van der Waals surface area contributed by atoms with Gasteiger partial charge in [-0.05, 0) is 24.3 Å². The SMILES string of the molecule is COc1nccc2c(NCc3ccco3)cc(Cl)nc12. The van der Waals surface area contributed by atoms with Crippen molar-refractivity contribution in [3.8, 4) is 5.88 Å². The summed E-state index contributed by atoms with van der Waals surface area (Å²) in [5.41, 5.74) is 1.49. The Labute approximate surface area is 120 Å². The molecule has 0 aliphatic carbocycles. The Balaban J connectivity index is 2.01. The van der Waals surface area contributed by atoms with Gasteiger partial charge in [0.05, 0.1) is 19.9 Å². The van der Waals surface area contributed by atoms with Crippen LogP contribution in [0.3, 0.4) is 0 Å². The third-order valence-corrected chi connectivity index (χ3v) is 3.08. The molecule has 0 bridgehead atoms.